The zero-order valence-corrected chi connectivity index (χ0v) is 9.46. The Kier molecular flexibility index (Phi) is 5.45. The Bertz CT molecular complexity index is 144. The largest absolute Gasteiger partial charge is 0.378 e. The molecule has 0 bridgehead atoms. The van der Waals surface area contributed by atoms with E-state index in [2.05, 4.69) is 19.3 Å². The van der Waals surface area contributed by atoms with Crippen LogP contribution < -0.4 is 11.3 Å². The summed E-state index contributed by atoms with van der Waals surface area (Å²) in [5.74, 6) is 6.29. The van der Waals surface area contributed by atoms with Crippen LogP contribution in [-0.2, 0) is 4.74 Å². The molecule has 3 N–H and O–H groups in total. The molecule has 0 aromatic carbocycles. The minimum Gasteiger partial charge on any atom is -0.378 e. The first-order valence-electron chi connectivity index (χ1n) is 5.80. The van der Waals surface area contributed by atoms with E-state index in [1.165, 1.54) is 19.3 Å². The predicted molar refractivity (Wildman–Crippen MR) is 58.8 cm³/mol. The van der Waals surface area contributed by atoms with Crippen LogP contribution in [0, 0.1) is 5.92 Å². The van der Waals surface area contributed by atoms with E-state index in [1.54, 1.807) is 0 Å². The van der Waals surface area contributed by atoms with Crippen LogP contribution in [-0.4, -0.2) is 18.8 Å². The summed E-state index contributed by atoms with van der Waals surface area (Å²) >= 11 is 0. The first kappa shape index (κ1) is 12.0. The fraction of sp³-hybridized carbons (Fsp3) is 1.00. The molecule has 2 atom stereocenters. The summed E-state index contributed by atoms with van der Waals surface area (Å²) in [6.07, 6.45) is 6.34. The van der Waals surface area contributed by atoms with Crippen LogP contribution in [0.15, 0.2) is 0 Å². The number of nitrogens with one attached hydrogen (secondary N) is 1. The van der Waals surface area contributed by atoms with Gasteiger partial charge in [0.25, 0.3) is 0 Å². The van der Waals surface area contributed by atoms with E-state index in [0.717, 1.165) is 25.4 Å². The predicted octanol–water partition coefficient (Wildman–Crippen LogP) is 1.82. The Morgan fingerprint density at radius 3 is 2.71 bits per heavy atom. The topological polar surface area (TPSA) is 47.3 Å². The summed E-state index contributed by atoms with van der Waals surface area (Å²) in [7, 11) is 0. The highest BCUT2D eigenvalue weighted by atomic mass is 16.5. The monoisotopic (exact) mass is 200 g/mol. The number of nitrogens with two attached hydrogens (primary N) is 1. The van der Waals surface area contributed by atoms with Crippen LogP contribution in [0.2, 0.25) is 0 Å². The van der Waals surface area contributed by atoms with Gasteiger partial charge in [0.15, 0.2) is 0 Å². The fourth-order valence-electron chi connectivity index (χ4n) is 1.95. The lowest BCUT2D eigenvalue weighted by Crippen LogP contribution is -2.37. The standard InChI is InChI=1S/C11H24N2O/c1-9(2)5-6-10(13-12)8-11-4-3-7-14-11/h9-11,13H,3-8,12H2,1-2H3. The molecule has 0 aromatic heterocycles. The minimum atomic E-state index is 0.431. The average molecular weight is 200 g/mol. The van der Waals surface area contributed by atoms with Crippen molar-refractivity contribution in [3.8, 4) is 0 Å². The summed E-state index contributed by atoms with van der Waals surface area (Å²) < 4.78 is 5.60. The lowest BCUT2D eigenvalue weighted by atomic mass is 9.99. The molecule has 0 aliphatic carbocycles. The van der Waals surface area contributed by atoms with Crippen LogP contribution in [0.3, 0.4) is 0 Å². The van der Waals surface area contributed by atoms with Crippen molar-refractivity contribution in [2.75, 3.05) is 6.61 Å². The van der Waals surface area contributed by atoms with Gasteiger partial charge in [0, 0.05) is 12.6 Å². The highest BCUT2D eigenvalue weighted by Gasteiger charge is 2.19. The Balaban J connectivity index is 2.16. The molecule has 0 amide bonds. The van der Waals surface area contributed by atoms with Gasteiger partial charge < -0.3 is 4.74 Å². The molecular formula is C11H24N2O. The first-order valence-corrected chi connectivity index (χ1v) is 5.80. The molecule has 1 fully saturated rings. The van der Waals surface area contributed by atoms with Gasteiger partial charge >= 0.3 is 0 Å². The lowest BCUT2D eigenvalue weighted by Gasteiger charge is -2.20. The molecule has 1 saturated heterocycles. The molecule has 0 spiro atoms. The average Bonchev–Trinajstić information content (AvgIpc) is 2.64. The zero-order chi connectivity index (χ0) is 10.4. The molecule has 1 aliphatic heterocycles. The second kappa shape index (κ2) is 6.38. The normalized spacial score (nSPS) is 24.4. The van der Waals surface area contributed by atoms with E-state index in [9.17, 15) is 0 Å². The Morgan fingerprint density at radius 1 is 1.43 bits per heavy atom. The summed E-state index contributed by atoms with van der Waals surface area (Å²) in [5, 5.41) is 0. The molecule has 14 heavy (non-hydrogen) atoms. The first-order chi connectivity index (χ1) is 6.72. The Hall–Kier alpha value is -0.120. The number of hydrogen-bond donors (Lipinski definition) is 2. The van der Waals surface area contributed by atoms with Crippen molar-refractivity contribution in [3.63, 3.8) is 0 Å². The van der Waals surface area contributed by atoms with Crippen LogP contribution in [0.1, 0.15) is 46.0 Å². The molecule has 84 valence electrons. The van der Waals surface area contributed by atoms with Gasteiger partial charge in [0.05, 0.1) is 6.10 Å². The van der Waals surface area contributed by atoms with Gasteiger partial charge in [-0.05, 0) is 38.0 Å². The van der Waals surface area contributed by atoms with Crippen LogP contribution in [0.4, 0.5) is 0 Å². The summed E-state index contributed by atoms with van der Waals surface area (Å²) in [6.45, 7) is 5.44. The second-order valence-corrected chi connectivity index (χ2v) is 4.71. The molecule has 0 aromatic rings. The van der Waals surface area contributed by atoms with Gasteiger partial charge in [-0.2, -0.15) is 0 Å². The maximum absolute atomic E-state index is 5.60. The van der Waals surface area contributed by atoms with Gasteiger partial charge in [-0.15, -0.1) is 0 Å². The third kappa shape index (κ3) is 4.40. The van der Waals surface area contributed by atoms with E-state index in [0.29, 0.717) is 12.1 Å². The minimum absolute atomic E-state index is 0.431. The van der Waals surface area contributed by atoms with E-state index >= 15 is 0 Å². The van der Waals surface area contributed by atoms with E-state index in [4.69, 9.17) is 10.6 Å². The van der Waals surface area contributed by atoms with E-state index in [-0.39, 0.29) is 0 Å². The number of hydrogen-bond acceptors (Lipinski definition) is 3. The van der Waals surface area contributed by atoms with Crippen molar-refractivity contribution in [2.45, 2.75) is 58.1 Å². The van der Waals surface area contributed by atoms with Gasteiger partial charge in [0.2, 0.25) is 0 Å². The molecular weight excluding hydrogens is 176 g/mol. The smallest absolute Gasteiger partial charge is 0.0591 e. The van der Waals surface area contributed by atoms with Crippen LogP contribution in [0.25, 0.3) is 0 Å². The third-order valence-corrected chi connectivity index (χ3v) is 2.90. The van der Waals surface area contributed by atoms with Crippen molar-refractivity contribution in [1.82, 2.24) is 5.43 Å². The summed E-state index contributed by atoms with van der Waals surface area (Å²) in [6, 6.07) is 0.431. The molecule has 2 unspecified atom stereocenters. The van der Waals surface area contributed by atoms with Gasteiger partial charge in [-0.1, -0.05) is 13.8 Å². The fourth-order valence-corrected chi connectivity index (χ4v) is 1.95. The van der Waals surface area contributed by atoms with Crippen molar-refractivity contribution < 1.29 is 4.74 Å². The molecule has 0 radical (unpaired) electrons. The van der Waals surface area contributed by atoms with Crippen molar-refractivity contribution in [2.24, 2.45) is 11.8 Å². The van der Waals surface area contributed by atoms with E-state index in [1.807, 2.05) is 0 Å². The maximum Gasteiger partial charge on any atom is 0.0591 e. The number of hydrazine groups is 1. The number of rotatable bonds is 6. The van der Waals surface area contributed by atoms with Crippen LogP contribution in [0.5, 0.6) is 0 Å². The lowest BCUT2D eigenvalue weighted by molar-refractivity contribution is 0.0929. The van der Waals surface area contributed by atoms with Crippen molar-refractivity contribution in [1.29, 1.82) is 0 Å². The van der Waals surface area contributed by atoms with Crippen molar-refractivity contribution in [3.05, 3.63) is 0 Å². The van der Waals surface area contributed by atoms with Crippen molar-refractivity contribution >= 4 is 0 Å². The Morgan fingerprint density at radius 2 is 2.21 bits per heavy atom. The SMILES string of the molecule is CC(C)CCC(CC1CCCO1)NN. The Labute approximate surface area is 87.4 Å². The van der Waals surface area contributed by atoms with Crippen LogP contribution >= 0.6 is 0 Å². The molecule has 0 saturated carbocycles. The van der Waals surface area contributed by atoms with Gasteiger partial charge in [-0.3, -0.25) is 11.3 Å². The highest BCUT2D eigenvalue weighted by Crippen LogP contribution is 2.19. The molecule has 1 heterocycles. The molecule has 1 rings (SSSR count). The van der Waals surface area contributed by atoms with Gasteiger partial charge in [-0.25, -0.2) is 0 Å². The van der Waals surface area contributed by atoms with E-state index < -0.39 is 0 Å². The highest BCUT2D eigenvalue weighted by molar-refractivity contribution is 4.73. The zero-order valence-electron chi connectivity index (χ0n) is 9.46. The third-order valence-electron chi connectivity index (χ3n) is 2.90. The molecule has 3 heteroatoms. The molecule has 1 aliphatic rings. The molecule has 3 nitrogen and oxygen atoms in total. The second-order valence-electron chi connectivity index (χ2n) is 4.71. The summed E-state index contributed by atoms with van der Waals surface area (Å²) in [5.41, 5.74) is 2.90. The number of ether oxygens (including phenoxy) is 1. The summed E-state index contributed by atoms with van der Waals surface area (Å²) in [4.78, 5) is 0. The maximum atomic E-state index is 5.60. The quantitative estimate of drug-likeness (QED) is 0.508. The van der Waals surface area contributed by atoms with Gasteiger partial charge in [0.1, 0.15) is 0 Å².